The Bertz CT molecular complexity index is 433. The first-order valence-corrected chi connectivity index (χ1v) is 3.58. The van der Waals surface area contributed by atoms with E-state index in [1.54, 1.807) is 12.3 Å². The first kappa shape index (κ1) is 6.97. The molecule has 1 N–H and O–H groups in total. The van der Waals surface area contributed by atoms with Crippen molar-refractivity contribution in [1.82, 2.24) is 15.0 Å². The van der Waals surface area contributed by atoms with Crippen molar-refractivity contribution in [2.24, 2.45) is 0 Å². The van der Waals surface area contributed by atoms with Crippen LogP contribution in [0.15, 0.2) is 18.6 Å². The quantitative estimate of drug-likeness (QED) is 0.638. The summed E-state index contributed by atoms with van der Waals surface area (Å²) < 4.78 is 0. The van der Waals surface area contributed by atoms with Gasteiger partial charge in [-0.3, -0.25) is 4.79 Å². The van der Waals surface area contributed by atoms with Gasteiger partial charge in [-0.25, -0.2) is 9.97 Å². The molecular formula is C8H7N3O. The number of rotatable bonds is 1. The van der Waals surface area contributed by atoms with Crippen LogP contribution in [0.1, 0.15) is 17.4 Å². The molecule has 2 aromatic rings. The molecule has 0 aromatic carbocycles. The fourth-order valence-electron chi connectivity index (χ4n) is 1.15. The van der Waals surface area contributed by atoms with E-state index in [0.717, 1.165) is 5.39 Å². The van der Waals surface area contributed by atoms with E-state index in [-0.39, 0.29) is 5.78 Å². The Hall–Kier alpha value is -1.71. The zero-order chi connectivity index (χ0) is 8.55. The largest absolute Gasteiger partial charge is 0.346 e. The van der Waals surface area contributed by atoms with E-state index in [9.17, 15) is 4.79 Å². The second-order valence-electron chi connectivity index (χ2n) is 2.52. The second kappa shape index (κ2) is 2.41. The van der Waals surface area contributed by atoms with Crippen LogP contribution in [-0.4, -0.2) is 20.7 Å². The number of aromatic nitrogens is 3. The smallest absolute Gasteiger partial charge is 0.178 e. The molecule has 4 heteroatoms. The van der Waals surface area contributed by atoms with E-state index in [0.29, 0.717) is 11.3 Å². The summed E-state index contributed by atoms with van der Waals surface area (Å²) in [7, 11) is 0. The van der Waals surface area contributed by atoms with Gasteiger partial charge in [-0.05, 0) is 6.07 Å². The average molecular weight is 161 g/mol. The number of fused-ring (bicyclic) bond motifs is 1. The molecule has 0 saturated heterocycles. The van der Waals surface area contributed by atoms with E-state index >= 15 is 0 Å². The minimum atomic E-state index is -0.0398. The molecule has 0 radical (unpaired) electrons. The van der Waals surface area contributed by atoms with E-state index in [1.165, 1.54) is 13.3 Å². The monoisotopic (exact) mass is 161 g/mol. The van der Waals surface area contributed by atoms with Gasteiger partial charge in [0.2, 0.25) is 0 Å². The number of ketones is 1. The number of nitrogens with zero attached hydrogens (tertiary/aromatic N) is 2. The lowest BCUT2D eigenvalue weighted by molar-refractivity contribution is 0.101. The van der Waals surface area contributed by atoms with E-state index in [2.05, 4.69) is 15.0 Å². The van der Waals surface area contributed by atoms with E-state index in [4.69, 9.17) is 0 Å². The Balaban J connectivity index is 2.82. The topological polar surface area (TPSA) is 58.6 Å². The van der Waals surface area contributed by atoms with Crippen LogP contribution in [0.5, 0.6) is 0 Å². The fraction of sp³-hybridized carbons (Fsp3) is 0.125. The molecule has 0 amide bonds. The Labute approximate surface area is 68.7 Å². The number of nitrogens with one attached hydrogen (secondary N) is 1. The highest BCUT2D eigenvalue weighted by atomic mass is 16.1. The zero-order valence-corrected chi connectivity index (χ0v) is 6.53. The summed E-state index contributed by atoms with van der Waals surface area (Å²) in [6.07, 6.45) is 3.13. The molecule has 0 saturated carbocycles. The van der Waals surface area contributed by atoms with Gasteiger partial charge in [0.1, 0.15) is 17.7 Å². The number of H-pyrrole nitrogens is 1. The van der Waals surface area contributed by atoms with Gasteiger partial charge >= 0.3 is 0 Å². The summed E-state index contributed by atoms with van der Waals surface area (Å²) in [5, 5.41) is 0.782. The molecule has 0 aliphatic heterocycles. The normalized spacial score (nSPS) is 10.4. The predicted octanol–water partition coefficient (Wildman–Crippen LogP) is 1.16. The highest BCUT2D eigenvalue weighted by Crippen LogP contribution is 2.12. The van der Waals surface area contributed by atoms with Crippen LogP contribution in [-0.2, 0) is 0 Å². The Morgan fingerprint density at radius 1 is 1.50 bits per heavy atom. The van der Waals surface area contributed by atoms with Gasteiger partial charge in [0.25, 0.3) is 0 Å². The molecule has 2 aromatic heterocycles. The van der Waals surface area contributed by atoms with Crippen molar-refractivity contribution in [3.8, 4) is 0 Å². The third-order valence-electron chi connectivity index (χ3n) is 1.69. The summed E-state index contributed by atoms with van der Waals surface area (Å²) in [4.78, 5) is 21.8. The van der Waals surface area contributed by atoms with Crippen molar-refractivity contribution in [3.05, 3.63) is 24.3 Å². The molecule has 0 atom stereocenters. The average Bonchev–Trinajstić information content (AvgIpc) is 2.49. The van der Waals surface area contributed by atoms with Crippen molar-refractivity contribution < 1.29 is 4.79 Å². The van der Waals surface area contributed by atoms with Crippen LogP contribution in [0.2, 0.25) is 0 Å². The standard InChI is InChI=1S/C8H7N3O/c1-5(12)7-6-2-3-9-8(6)11-4-10-7/h2-4H,1H3,(H,9,10,11). The summed E-state index contributed by atoms with van der Waals surface area (Å²) >= 11 is 0. The molecule has 60 valence electrons. The SMILES string of the molecule is CC(=O)c1ncnc2[nH]ccc12. The summed E-state index contributed by atoms with van der Waals surface area (Å²) in [5.74, 6) is -0.0398. The van der Waals surface area contributed by atoms with Gasteiger partial charge in [-0.1, -0.05) is 0 Å². The lowest BCUT2D eigenvalue weighted by Crippen LogP contribution is -1.97. The minimum absolute atomic E-state index is 0.0398. The Kier molecular flexibility index (Phi) is 1.40. The van der Waals surface area contributed by atoms with Crippen molar-refractivity contribution >= 4 is 16.8 Å². The first-order chi connectivity index (χ1) is 5.79. The number of carbonyl (C=O) groups is 1. The number of carbonyl (C=O) groups excluding carboxylic acids is 1. The molecule has 0 aliphatic carbocycles. The summed E-state index contributed by atoms with van der Waals surface area (Å²) in [6, 6.07) is 1.80. The molecule has 0 spiro atoms. The molecule has 0 aliphatic rings. The predicted molar refractivity (Wildman–Crippen MR) is 43.9 cm³/mol. The van der Waals surface area contributed by atoms with Gasteiger partial charge in [-0.15, -0.1) is 0 Å². The summed E-state index contributed by atoms with van der Waals surface area (Å²) in [6.45, 7) is 1.49. The van der Waals surface area contributed by atoms with Gasteiger partial charge in [-0.2, -0.15) is 0 Å². The fourth-order valence-corrected chi connectivity index (χ4v) is 1.15. The number of aromatic amines is 1. The highest BCUT2D eigenvalue weighted by molar-refractivity contribution is 6.03. The van der Waals surface area contributed by atoms with Crippen LogP contribution in [0.25, 0.3) is 11.0 Å². The summed E-state index contributed by atoms with van der Waals surface area (Å²) in [5.41, 5.74) is 1.18. The van der Waals surface area contributed by atoms with Gasteiger partial charge in [0.05, 0.1) is 0 Å². The maximum atomic E-state index is 11.1. The highest BCUT2D eigenvalue weighted by Gasteiger charge is 2.07. The van der Waals surface area contributed by atoms with Gasteiger partial charge in [0.15, 0.2) is 5.78 Å². The lowest BCUT2D eigenvalue weighted by atomic mass is 10.2. The molecular weight excluding hydrogens is 154 g/mol. The zero-order valence-electron chi connectivity index (χ0n) is 6.53. The third kappa shape index (κ3) is 0.887. The van der Waals surface area contributed by atoms with Crippen molar-refractivity contribution in [2.75, 3.05) is 0 Å². The van der Waals surface area contributed by atoms with Crippen molar-refractivity contribution in [3.63, 3.8) is 0 Å². The van der Waals surface area contributed by atoms with Crippen molar-refractivity contribution in [1.29, 1.82) is 0 Å². The molecule has 4 nitrogen and oxygen atoms in total. The first-order valence-electron chi connectivity index (χ1n) is 3.58. The molecule has 12 heavy (non-hydrogen) atoms. The van der Waals surface area contributed by atoms with Crippen molar-refractivity contribution in [2.45, 2.75) is 6.92 Å². The minimum Gasteiger partial charge on any atom is -0.346 e. The number of hydrogen-bond acceptors (Lipinski definition) is 3. The van der Waals surface area contributed by atoms with E-state index < -0.39 is 0 Å². The van der Waals surface area contributed by atoms with Crippen LogP contribution in [0, 0.1) is 0 Å². The Morgan fingerprint density at radius 3 is 3.08 bits per heavy atom. The molecule has 2 heterocycles. The number of Topliss-reactive ketones (excluding diaryl/α,β-unsaturated/α-hetero) is 1. The van der Waals surface area contributed by atoms with E-state index in [1.807, 2.05) is 0 Å². The maximum absolute atomic E-state index is 11.1. The maximum Gasteiger partial charge on any atom is 0.178 e. The van der Waals surface area contributed by atoms with Gasteiger partial charge in [0, 0.05) is 18.5 Å². The van der Waals surface area contributed by atoms with Crippen LogP contribution in [0.4, 0.5) is 0 Å². The Morgan fingerprint density at radius 2 is 2.33 bits per heavy atom. The van der Waals surface area contributed by atoms with Crippen LogP contribution in [0.3, 0.4) is 0 Å². The molecule has 0 unspecified atom stereocenters. The molecule has 2 rings (SSSR count). The lowest BCUT2D eigenvalue weighted by Gasteiger charge is -1.94. The van der Waals surface area contributed by atoms with Crippen LogP contribution >= 0.6 is 0 Å². The second-order valence-corrected chi connectivity index (χ2v) is 2.52. The third-order valence-corrected chi connectivity index (χ3v) is 1.69. The number of hydrogen-bond donors (Lipinski definition) is 1. The molecule has 0 fully saturated rings. The van der Waals surface area contributed by atoms with Gasteiger partial charge < -0.3 is 4.98 Å². The van der Waals surface area contributed by atoms with Crippen LogP contribution < -0.4 is 0 Å². The molecule has 0 bridgehead atoms.